The van der Waals surface area contributed by atoms with Gasteiger partial charge in [-0.15, -0.1) is 0 Å². The van der Waals surface area contributed by atoms with Crippen LogP contribution >= 0.6 is 23.2 Å². The minimum absolute atomic E-state index is 0.117. The number of nitrogens with zero attached hydrogens (tertiary/aromatic N) is 2. The number of rotatable bonds is 1. The molecule has 0 atom stereocenters. The van der Waals surface area contributed by atoms with Crippen LogP contribution in [0, 0.1) is 0 Å². The molecular formula is C13H11Cl2N3O2. The lowest BCUT2D eigenvalue weighted by Crippen LogP contribution is -2.30. The number of aliphatic imine (C=N–C) groups is 1. The van der Waals surface area contributed by atoms with Crippen LogP contribution < -0.4 is 4.90 Å². The van der Waals surface area contributed by atoms with Crippen molar-refractivity contribution in [3.63, 3.8) is 0 Å². The Balaban J connectivity index is 2.11. The Morgan fingerprint density at radius 2 is 1.95 bits per heavy atom. The molecule has 3 rings (SSSR count). The van der Waals surface area contributed by atoms with Crippen LogP contribution in [0.4, 0.5) is 11.4 Å². The smallest absolute Gasteiger partial charge is 0.215 e. The lowest BCUT2D eigenvalue weighted by Gasteiger charge is -2.29. The summed E-state index contributed by atoms with van der Waals surface area (Å²) in [5, 5.41) is 20.3. The van der Waals surface area contributed by atoms with Gasteiger partial charge in [0.1, 0.15) is 11.5 Å². The lowest BCUT2D eigenvalue weighted by molar-refractivity contribution is 0.425. The molecule has 0 bridgehead atoms. The molecule has 20 heavy (non-hydrogen) atoms. The first-order valence-electron chi connectivity index (χ1n) is 5.88. The first kappa shape index (κ1) is 13.1. The second-order valence-electron chi connectivity index (χ2n) is 4.49. The Bertz CT molecular complexity index is 725. The van der Waals surface area contributed by atoms with E-state index in [2.05, 4.69) is 9.98 Å². The summed E-state index contributed by atoms with van der Waals surface area (Å²) in [6.45, 7) is 2.21. The van der Waals surface area contributed by atoms with Gasteiger partial charge in [-0.2, -0.15) is 0 Å². The van der Waals surface area contributed by atoms with Crippen molar-refractivity contribution in [1.82, 2.24) is 4.98 Å². The molecular weight excluding hydrogens is 301 g/mol. The zero-order valence-corrected chi connectivity index (χ0v) is 12.0. The van der Waals surface area contributed by atoms with E-state index >= 15 is 0 Å². The van der Waals surface area contributed by atoms with E-state index in [1.165, 1.54) is 6.07 Å². The highest BCUT2D eigenvalue weighted by Crippen LogP contribution is 2.41. The molecule has 1 aromatic carbocycles. The number of nitrogens with one attached hydrogen (secondary N) is 1. The summed E-state index contributed by atoms with van der Waals surface area (Å²) in [5.74, 6) is 0.405. The molecule has 0 aliphatic carbocycles. The number of halogens is 2. The summed E-state index contributed by atoms with van der Waals surface area (Å²) in [6.07, 6.45) is 0. The maximum Gasteiger partial charge on any atom is 0.215 e. The zero-order chi connectivity index (χ0) is 14.4. The zero-order valence-electron chi connectivity index (χ0n) is 10.5. The summed E-state index contributed by atoms with van der Waals surface area (Å²) in [4.78, 5) is 8.61. The van der Waals surface area contributed by atoms with Crippen LogP contribution in [0.15, 0.2) is 23.2 Å². The number of hydrogen-bond acceptors (Lipinski definition) is 4. The van der Waals surface area contributed by atoms with Gasteiger partial charge >= 0.3 is 0 Å². The van der Waals surface area contributed by atoms with Crippen LogP contribution in [-0.4, -0.2) is 21.0 Å². The Hall–Kier alpha value is -1.85. The van der Waals surface area contributed by atoms with Crippen LogP contribution in [0.5, 0.6) is 11.8 Å². The van der Waals surface area contributed by atoms with Crippen molar-refractivity contribution >= 4 is 40.4 Å². The molecule has 5 nitrogen and oxygen atoms in total. The van der Waals surface area contributed by atoms with E-state index < -0.39 is 0 Å². The van der Waals surface area contributed by atoms with Crippen LogP contribution in [-0.2, 0) is 6.54 Å². The highest BCUT2D eigenvalue weighted by atomic mass is 35.5. The van der Waals surface area contributed by atoms with Crippen molar-refractivity contribution in [2.24, 2.45) is 4.99 Å². The minimum atomic E-state index is -0.126. The average molecular weight is 312 g/mol. The number of amidine groups is 1. The summed E-state index contributed by atoms with van der Waals surface area (Å²) in [5.41, 5.74) is 1.86. The van der Waals surface area contributed by atoms with Crippen LogP contribution in [0.1, 0.15) is 12.5 Å². The van der Waals surface area contributed by atoms with Crippen LogP contribution in [0.3, 0.4) is 0 Å². The van der Waals surface area contributed by atoms with E-state index in [0.717, 1.165) is 5.56 Å². The SMILES string of the molecule is CC1=Nc2c(Cl)ccc(Cl)c2CN1c1cc(O)[nH]c1O. The molecule has 0 fully saturated rings. The first-order chi connectivity index (χ1) is 9.47. The Morgan fingerprint density at radius 1 is 1.25 bits per heavy atom. The predicted molar refractivity (Wildman–Crippen MR) is 79.5 cm³/mol. The van der Waals surface area contributed by atoms with E-state index in [0.29, 0.717) is 33.8 Å². The lowest BCUT2D eigenvalue weighted by atomic mass is 10.1. The average Bonchev–Trinajstić information content (AvgIpc) is 2.73. The molecule has 1 aliphatic heterocycles. The van der Waals surface area contributed by atoms with Crippen LogP contribution in [0.25, 0.3) is 0 Å². The number of anilines is 1. The van der Waals surface area contributed by atoms with Crippen molar-refractivity contribution in [3.8, 4) is 11.8 Å². The van der Waals surface area contributed by atoms with Gasteiger partial charge in [0.2, 0.25) is 5.88 Å². The highest BCUT2D eigenvalue weighted by molar-refractivity contribution is 6.36. The van der Waals surface area contributed by atoms with E-state index in [9.17, 15) is 10.2 Å². The Morgan fingerprint density at radius 3 is 2.60 bits per heavy atom. The standard InChI is InChI=1S/C13H11Cl2N3O2/c1-6-16-12-7(8(14)2-3-9(12)15)5-18(6)10-4-11(19)17-13(10)20/h2-4,17,19-20H,5H2,1H3. The van der Waals surface area contributed by atoms with E-state index in [1.54, 1.807) is 24.0 Å². The maximum absolute atomic E-state index is 9.80. The van der Waals surface area contributed by atoms with Gasteiger partial charge in [-0.05, 0) is 19.1 Å². The van der Waals surface area contributed by atoms with Crippen molar-refractivity contribution < 1.29 is 10.2 Å². The molecule has 0 radical (unpaired) electrons. The summed E-state index contributed by atoms with van der Waals surface area (Å²) in [6, 6.07) is 4.85. The fourth-order valence-corrected chi connectivity index (χ4v) is 2.67. The van der Waals surface area contributed by atoms with Gasteiger partial charge in [-0.1, -0.05) is 23.2 Å². The normalized spacial score (nSPS) is 14.2. The molecule has 3 N–H and O–H groups in total. The molecule has 0 saturated heterocycles. The monoisotopic (exact) mass is 311 g/mol. The summed E-state index contributed by atoms with van der Waals surface area (Å²) < 4.78 is 0. The molecule has 2 heterocycles. The molecule has 7 heteroatoms. The van der Waals surface area contributed by atoms with Gasteiger partial charge < -0.3 is 15.1 Å². The molecule has 0 spiro atoms. The quantitative estimate of drug-likeness (QED) is 0.750. The number of aromatic hydroxyl groups is 2. The minimum Gasteiger partial charge on any atom is -0.494 e. The molecule has 104 valence electrons. The number of aromatic amines is 1. The molecule has 1 aliphatic rings. The largest absolute Gasteiger partial charge is 0.494 e. The van der Waals surface area contributed by atoms with Crippen molar-refractivity contribution in [2.45, 2.75) is 13.5 Å². The van der Waals surface area contributed by atoms with Gasteiger partial charge in [0, 0.05) is 16.7 Å². The number of H-pyrrole nitrogens is 1. The highest BCUT2D eigenvalue weighted by Gasteiger charge is 2.25. The van der Waals surface area contributed by atoms with Gasteiger partial charge in [0.15, 0.2) is 5.88 Å². The molecule has 0 saturated carbocycles. The molecule has 1 aromatic heterocycles. The van der Waals surface area contributed by atoms with E-state index in [1.807, 2.05) is 0 Å². The third-order valence-corrected chi connectivity index (χ3v) is 3.87. The van der Waals surface area contributed by atoms with Crippen LogP contribution in [0.2, 0.25) is 10.0 Å². The van der Waals surface area contributed by atoms with E-state index in [4.69, 9.17) is 23.2 Å². The van der Waals surface area contributed by atoms with Gasteiger partial charge in [-0.25, -0.2) is 4.99 Å². The number of fused-ring (bicyclic) bond motifs is 1. The van der Waals surface area contributed by atoms with E-state index in [-0.39, 0.29) is 11.8 Å². The third kappa shape index (κ3) is 1.99. The van der Waals surface area contributed by atoms with Gasteiger partial charge in [0.25, 0.3) is 0 Å². The number of benzene rings is 1. The predicted octanol–water partition coefficient (Wildman–Crippen LogP) is 3.80. The summed E-state index contributed by atoms with van der Waals surface area (Å²) >= 11 is 12.3. The maximum atomic E-state index is 9.80. The Labute approximate surface area is 125 Å². The number of aromatic nitrogens is 1. The topological polar surface area (TPSA) is 71.8 Å². The van der Waals surface area contributed by atoms with Crippen molar-refractivity contribution in [3.05, 3.63) is 33.8 Å². The fourth-order valence-electron chi connectivity index (χ4n) is 2.23. The second kappa shape index (κ2) is 4.61. The molecule has 0 amide bonds. The molecule has 0 unspecified atom stereocenters. The number of hydrogen-bond donors (Lipinski definition) is 3. The summed E-state index contributed by atoms with van der Waals surface area (Å²) in [7, 11) is 0. The van der Waals surface area contributed by atoms with Crippen molar-refractivity contribution in [2.75, 3.05) is 4.90 Å². The molecule has 2 aromatic rings. The second-order valence-corrected chi connectivity index (χ2v) is 5.30. The van der Waals surface area contributed by atoms with Crippen molar-refractivity contribution in [1.29, 1.82) is 0 Å². The Kier molecular flexibility index (Phi) is 3.03. The van der Waals surface area contributed by atoms with Gasteiger partial charge in [-0.3, -0.25) is 4.98 Å². The van der Waals surface area contributed by atoms with Gasteiger partial charge in [0.05, 0.1) is 17.3 Å². The first-order valence-corrected chi connectivity index (χ1v) is 6.63. The fraction of sp³-hybridized carbons (Fsp3) is 0.154. The third-order valence-electron chi connectivity index (χ3n) is 3.21.